The molecule has 7 aromatic carbocycles. The second-order valence-electron chi connectivity index (χ2n) is 12.8. The molecule has 52 heavy (non-hydrogen) atoms. The van der Waals surface area contributed by atoms with Crippen LogP contribution in [-0.4, -0.2) is 14.2 Å². The maximum Gasteiger partial charge on any atom is 0.119 e. The van der Waals surface area contributed by atoms with Gasteiger partial charge in [0.2, 0.25) is 0 Å². The summed E-state index contributed by atoms with van der Waals surface area (Å²) in [5.74, 6) is 1.65. The average Bonchev–Trinajstić information content (AvgIpc) is 3.20. The third kappa shape index (κ3) is 7.77. The van der Waals surface area contributed by atoms with Crippen LogP contribution in [0.1, 0.15) is 22.3 Å². The number of ether oxygens (including phenoxy) is 2. The molecule has 0 unspecified atom stereocenters. The number of benzene rings is 7. The van der Waals surface area contributed by atoms with Crippen LogP contribution in [0, 0.1) is 13.8 Å². The Bertz CT molecular complexity index is 2130. The van der Waals surface area contributed by atoms with Gasteiger partial charge in [-0.15, -0.1) is 0 Å². The largest absolute Gasteiger partial charge is 0.497 e. The van der Waals surface area contributed by atoms with Gasteiger partial charge in [0, 0.05) is 34.1 Å². The summed E-state index contributed by atoms with van der Waals surface area (Å²) in [6.45, 7) is 4.24. The van der Waals surface area contributed by atoms with Crippen LogP contribution < -0.4 is 19.3 Å². The molecular weight excluding hydrogens is 637 g/mol. The minimum Gasteiger partial charge on any atom is -0.497 e. The van der Waals surface area contributed by atoms with Crippen molar-refractivity contribution >= 4 is 46.3 Å². The Labute approximate surface area is 307 Å². The molecule has 0 aliphatic carbocycles. The summed E-state index contributed by atoms with van der Waals surface area (Å²) < 4.78 is 10.8. The fourth-order valence-corrected chi connectivity index (χ4v) is 6.26. The fourth-order valence-electron chi connectivity index (χ4n) is 6.26. The predicted molar refractivity (Wildman–Crippen MR) is 219 cm³/mol. The van der Waals surface area contributed by atoms with Gasteiger partial charge in [-0.1, -0.05) is 96.1 Å². The molecular formula is C48H42N2O2. The molecule has 0 saturated carbocycles. The van der Waals surface area contributed by atoms with Crippen molar-refractivity contribution in [3.05, 3.63) is 192 Å². The summed E-state index contributed by atoms with van der Waals surface area (Å²) in [5.41, 5.74) is 13.7. The van der Waals surface area contributed by atoms with Crippen LogP contribution in [0.25, 0.3) is 23.3 Å². The number of hydrogen-bond acceptors (Lipinski definition) is 4. The molecule has 7 aromatic rings. The smallest absolute Gasteiger partial charge is 0.119 e. The van der Waals surface area contributed by atoms with Crippen LogP contribution in [0.15, 0.2) is 170 Å². The number of rotatable bonds is 11. The van der Waals surface area contributed by atoms with Gasteiger partial charge in [-0.3, -0.25) is 0 Å². The summed E-state index contributed by atoms with van der Waals surface area (Å²) in [7, 11) is 3.37. The maximum absolute atomic E-state index is 5.41. The molecule has 0 N–H and O–H groups in total. The highest BCUT2D eigenvalue weighted by molar-refractivity contribution is 5.80. The Morgan fingerprint density at radius 3 is 0.904 bits per heavy atom. The van der Waals surface area contributed by atoms with E-state index >= 15 is 0 Å². The number of hydrogen-bond donors (Lipinski definition) is 0. The van der Waals surface area contributed by atoms with E-state index in [2.05, 4.69) is 181 Å². The van der Waals surface area contributed by atoms with E-state index in [-0.39, 0.29) is 0 Å². The monoisotopic (exact) mass is 678 g/mol. The van der Waals surface area contributed by atoms with Crippen molar-refractivity contribution in [1.82, 2.24) is 0 Å². The quantitative estimate of drug-likeness (QED) is 0.127. The first-order chi connectivity index (χ1) is 25.5. The van der Waals surface area contributed by atoms with Crippen molar-refractivity contribution in [2.24, 2.45) is 0 Å². The molecule has 0 atom stereocenters. The first-order valence-electron chi connectivity index (χ1n) is 17.5. The highest BCUT2D eigenvalue weighted by atomic mass is 16.5. The van der Waals surface area contributed by atoms with E-state index in [1.807, 2.05) is 24.3 Å². The van der Waals surface area contributed by atoms with Gasteiger partial charge in [0.25, 0.3) is 0 Å². The van der Waals surface area contributed by atoms with E-state index in [0.29, 0.717) is 0 Å². The van der Waals surface area contributed by atoms with Crippen LogP contribution in [0.2, 0.25) is 0 Å². The van der Waals surface area contributed by atoms with Crippen LogP contribution in [0.5, 0.6) is 11.5 Å². The molecule has 0 heterocycles. The van der Waals surface area contributed by atoms with Crippen molar-refractivity contribution in [1.29, 1.82) is 0 Å². The zero-order valence-electron chi connectivity index (χ0n) is 30.0. The summed E-state index contributed by atoms with van der Waals surface area (Å²) in [4.78, 5) is 4.53. The summed E-state index contributed by atoms with van der Waals surface area (Å²) >= 11 is 0. The summed E-state index contributed by atoms with van der Waals surface area (Å²) in [5, 5.41) is 0. The Balaban J connectivity index is 1.07. The van der Waals surface area contributed by atoms with E-state index in [1.54, 1.807) is 14.2 Å². The molecule has 0 fully saturated rings. The third-order valence-electron chi connectivity index (χ3n) is 9.23. The van der Waals surface area contributed by atoms with E-state index < -0.39 is 0 Å². The van der Waals surface area contributed by atoms with Gasteiger partial charge >= 0.3 is 0 Å². The van der Waals surface area contributed by atoms with Crippen molar-refractivity contribution < 1.29 is 9.47 Å². The van der Waals surface area contributed by atoms with Gasteiger partial charge in [-0.05, 0) is 133 Å². The maximum atomic E-state index is 5.41. The average molecular weight is 679 g/mol. The Morgan fingerprint density at radius 1 is 0.327 bits per heavy atom. The fraction of sp³-hybridized carbons (Fsp3) is 0.0833. The molecule has 256 valence electrons. The number of anilines is 6. The lowest BCUT2D eigenvalue weighted by Crippen LogP contribution is -2.09. The summed E-state index contributed by atoms with van der Waals surface area (Å²) in [6.07, 6.45) is 4.34. The van der Waals surface area contributed by atoms with Gasteiger partial charge < -0.3 is 19.3 Å². The Hall–Kier alpha value is -6.52. The minimum absolute atomic E-state index is 0.823. The lowest BCUT2D eigenvalue weighted by molar-refractivity contribution is 0.415. The van der Waals surface area contributed by atoms with Crippen LogP contribution in [-0.2, 0) is 0 Å². The second-order valence-corrected chi connectivity index (χ2v) is 12.8. The van der Waals surface area contributed by atoms with E-state index in [1.165, 1.54) is 16.7 Å². The predicted octanol–water partition coefficient (Wildman–Crippen LogP) is 13.1. The zero-order chi connectivity index (χ0) is 35.9. The highest BCUT2D eigenvalue weighted by Crippen LogP contribution is 2.38. The van der Waals surface area contributed by atoms with Gasteiger partial charge in [0.15, 0.2) is 0 Å². The number of aryl methyl sites for hydroxylation is 2. The van der Waals surface area contributed by atoms with Crippen molar-refractivity contribution in [2.45, 2.75) is 13.8 Å². The SMILES string of the molecule is COc1ccc(N(c2ccc(OC)cc2)c2ccc(-c3ccc(C=Cc4ccc(N(c5ccc(C)cc5)c5ccc(C)cc5)cc4)cc3)cc2)cc1. The van der Waals surface area contributed by atoms with E-state index in [9.17, 15) is 0 Å². The topological polar surface area (TPSA) is 24.9 Å². The molecule has 0 aliphatic rings. The van der Waals surface area contributed by atoms with Gasteiger partial charge in [0.1, 0.15) is 11.5 Å². The van der Waals surface area contributed by atoms with Gasteiger partial charge in [-0.25, -0.2) is 0 Å². The molecule has 0 amide bonds. The van der Waals surface area contributed by atoms with Crippen LogP contribution >= 0.6 is 0 Å². The molecule has 7 rings (SSSR count). The van der Waals surface area contributed by atoms with Crippen molar-refractivity contribution in [3.8, 4) is 22.6 Å². The minimum atomic E-state index is 0.823. The van der Waals surface area contributed by atoms with E-state index in [4.69, 9.17) is 9.47 Å². The van der Waals surface area contributed by atoms with E-state index in [0.717, 1.165) is 62.3 Å². The van der Waals surface area contributed by atoms with Gasteiger partial charge in [-0.2, -0.15) is 0 Å². The lowest BCUT2D eigenvalue weighted by Gasteiger charge is -2.26. The molecule has 0 aliphatic heterocycles. The molecule has 4 heteroatoms. The highest BCUT2D eigenvalue weighted by Gasteiger charge is 2.14. The number of nitrogens with zero attached hydrogens (tertiary/aromatic N) is 2. The normalized spacial score (nSPS) is 11.0. The molecule has 0 aromatic heterocycles. The second kappa shape index (κ2) is 15.6. The zero-order valence-corrected chi connectivity index (χ0v) is 30.0. The molecule has 0 saturated heterocycles. The molecule has 0 spiro atoms. The van der Waals surface area contributed by atoms with Crippen molar-refractivity contribution in [3.63, 3.8) is 0 Å². The van der Waals surface area contributed by atoms with Crippen molar-refractivity contribution in [2.75, 3.05) is 24.0 Å². The molecule has 4 nitrogen and oxygen atoms in total. The Morgan fingerprint density at radius 2 is 0.577 bits per heavy atom. The lowest BCUT2D eigenvalue weighted by atomic mass is 10.0. The van der Waals surface area contributed by atoms with Crippen LogP contribution in [0.3, 0.4) is 0 Å². The van der Waals surface area contributed by atoms with Crippen LogP contribution in [0.4, 0.5) is 34.1 Å². The first-order valence-corrected chi connectivity index (χ1v) is 17.5. The molecule has 0 bridgehead atoms. The first kappa shape index (κ1) is 34.0. The van der Waals surface area contributed by atoms with Gasteiger partial charge in [0.05, 0.1) is 14.2 Å². The third-order valence-corrected chi connectivity index (χ3v) is 9.23. The molecule has 0 radical (unpaired) electrons. The Kier molecular flexibility index (Phi) is 10.2. The summed E-state index contributed by atoms with van der Waals surface area (Å²) in [6, 6.07) is 59.7. The number of methoxy groups -OCH3 is 2. The standard InChI is InChI=1S/C48H42N2O2/c1-35-5-19-41(20-6-35)49(42-21-7-36(2)8-22-42)43-23-13-38(14-24-43)10-9-37-11-15-39(16-12-37)40-17-25-44(26-18-40)50(45-27-31-47(51-3)32-28-45)46-29-33-48(52-4)34-30-46/h5-34H,1-4H3.